The second-order valence-electron chi connectivity index (χ2n) is 8.49. The van der Waals surface area contributed by atoms with Gasteiger partial charge in [-0.15, -0.1) is 0 Å². The molecule has 0 atom stereocenters. The third kappa shape index (κ3) is 5.98. The lowest BCUT2D eigenvalue weighted by molar-refractivity contribution is -0.113. The number of hydrogen-bond acceptors (Lipinski definition) is 6. The number of aromatic amines is 1. The zero-order valence-electron chi connectivity index (χ0n) is 20.7. The summed E-state index contributed by atoms with van der Waals surface area (Å²) >= 11 is 7.39. The fourth-order valence-electron chi connectivity index (χ4n) is 3.92. The van der Waals surface area contributed by atoms with E-state index < -0.39 is 5.56 Å². The molecule has 0 fully saturated rings. The van der Waals surface area contributed by atoms with Gasteiger partial charge in [0.25, 0.3) is 17.2 Å². The van der Waals surface area contributed by atoms with E-state index in [2.05, 4.69) is 20.1 Å². The lowest BCUT2D eigenvalue weighted by atomic mass is 10.1. The summed E-state index contributed by atoms with van der Waals surface area (Å²) in [5, 5.41) is 3.85. The average molecular weight is 557 g/mol. The van der Waals surface area contributed by atoms with Gasteiger partial charge in [0.2, 0.25) is 0 Å². The molecule has 0 bridgehead atoms. The second-order valence-corrected chi connectivity index (χ2v) is 9.89. The van der Waals surface area contributed by atoms with Crippen LogP contribution in [0.15, 0.2) is 82.3 Å². The minimum atomic E-state index is -0.496. The molecule has 10 heteroatoms. The predicted octanol–water partition coefficient (Wildman–Crippen LogP) is 6.36. The molecule has 0 saturated heterocycles. The minimum absolute atomic E-state index is 0.0715. The van der Waals surface area contributed by atoms with Gasteiger partial charge in [-0.1, -0.05) is 47.6 Å². The molecular weight excluding hydrogens is 536 g/mol. The first-order valence-electron chi connectivity index (χ1n) is 11.8. The van der Waals surface area contributed by atoms with E-state index in [0.717, 1.165) is 11.1 Å². The fraction of sp³-hybridized carbons (Fsp3) is 0.103. The molecule has 2 N–H and O–H groups in total. The van der Waals surface area contributed by atoms with Crippen molar-refractivity contribution in [3.63, 3.8) is 0 Å². The number of methoxy groups -OCH3 is 1. The number of hydrogen-bond donors (Lipinski definition) is 2. The van der Waals surface area contributed by atoms with Gasteiger partial charge in [0.15, 0.2) is 5.16 Å². The van der Waals surface area contributed by atoms with Crippen molar-refractivity contribution in [3.8, 4) is 22.8 Å². The van der Waals surface area contributed by atoms with E-state index in [-0.39, 0.29) is 18.2 Å². The van der Waals surface area contributed by atoms with Crippen molar-refractivity contribution in [1.29, 1.82) is 0 Å². The summed E-state index contributed by atoms with van der Waals surface area (Å²) in [6, 6.07) is 19.8. The van der Waals surface area contributed by atoms with E-state index in [4.69, 9.17) is 27.6 Å². The van der Waals surface area contributed by atoms with Gasteiger partial charge in [0.05, 0.1) is 24.9 Å². The molecule has 0 unspecified atom stereocenters. The monoisotopic (exact) mass is 556 g/mol. The van der Waals surface area contributed by atoms with Crippen LogP contribution in [0.4, 0.5) is 11.4 Å². The maximum Gasteiger partial charge on any atom is 0.276 e. The van der Waals surface area contributed by atoms with E-state index in [9.17, 15) is 9.59 Å². The molecule has 8 nitrogen and oxygen atoms in total. The first kappa shape index (κ1) is 26.1. The molecule has 1 aliphatic rings. The number of nitrogens with one attached hydrogen (secondary N) is 2. The van der Waals surface area contributed by atoms with Gasteiger partial charge in [0.1, 0.15) is 18.1 Å². The molecule has 0 spiro atoms. The van der Waals surface area contributed by atoms with Crippen molar-refractivity contribution in [3.05, 3.63) is 110 Å². The standard InChI is InChI=1S/C29H21ClN4O4S/c1-31-26-25(18-4-3-5-23(14-18)37-2)33-29(34-28(26)36)39-16-17-6-9-22(10-7-17)32-27(35)20-12-19-13-21(30)8-11-24(19)38-15-20/h3-14H,15-16H2,2H3,(H,32,35)(H,33,34,36). The lowest BCUT2D eigenvalue weighted by Crippen LogP contribution is -2.21. The molecular formula is C29H21ClN4O4S. The molecule has 39 heavy (non-hydrogen) atoms. The van der Waals surface area contributed by atoms with Gasteiger partial charge in [-0.05, 0) is 59.7 Å². The Hall–Kier alpha value is -4.52. The number of benzene rings is 3. The number of carbonyl (C=O) groups is 1. The van der Waals surface area contributed by atoms with Crippen LogP contribution >= 0.6 is 23.4 Å². The molecule has 194 valence electrons. The van der Waals surface area contributed by atoms with Crippen LogP contribution in [0.5, 0.6) is 11.5 Å². The number of fused-ring (bicyclic) bond motifs is 1. The molecule has 0 saturated carbocycles. The number of aromatic nitrogens is 2. The molecule has 0 radical (unpaired) electrons. The van der Waals surface area contributed by atoms with Gasteiger partial charge >= 0.3 is 0 Å². The molecule has 1 amide bonds. The highest BCUT2D eigenvalue weighted by Crippen LogP contribution is 2.31. The van der Waals surface area contributed by atoms with Crippen molar-refractivity contribution in [2.45, 2.75) is 10.9 Å². The second kappa shape index (κ2) is 11.5. The fourth-order valence-corrected chi connectivity index (χ4v) is 4.91. The Labute approximate surface area is 233 Å². The third-order valence-electron chi connectivity index (χ3n) is 5.89. The first-order valence-corrected chi connectivity index (χ1v) is 13.1. The lowest BCUT2D eigenvalue weighted by Gasteiger charge is -2.18. The molecule has 3 aromatic carbocycles. The number of nitrogens with zero attached hydrogens (tertiary/aromatic N) is 2. The Bertz CT molecular complexity index is 1690. The summed E-state index contributed by atoms with van der Waals surface area (Å²) < 4.78 is 10.9. The smallest absolute Gasteiger partial charge is 0.276 e. The van der Waals surface area contributed by atoms with Crippen LogP contribution in [0, 0.1) is 6.57 Å². The van der Waals surface area contributed by atoms with Gasteiger partial charge in [-0.25, -0.2) is 9.83 Å². The van der Waals surface area contributed by atoms with Crippen molar-refractivity contribution in [2.24, 2.45) is 0 Å². The Morgan fingerprint density at radius 3 is 2.79 bits per heavy atom. The summed E-state index contributed by atoms with van der Waals surface area (Å²) in [5.41, 5.74) is 3.21. The van der Waals surface area contributed by atoms with Crippen molar-refractivity contribution in [1.82, 2.24) is 9.97 Å². The summed E-state index contributed by atoms with van der Waals surface area (Å²) in [7, 11) is 1.55. The topological polar surface area (TPSA) is 97.7 Å². The van der Waals surface area contributed by atoms with Gasteiger partial charge < -0.3 is 19.8 Å². The van der Waals surface area contributed by atoms with Gasteiger partial charge in [-0.3, -0.25) is 9.59 Å². The first-order chi connectivity index (χ1) is 18.9. The Morgan fingerprint density at radius 2 is 2.03 bits per heavy atom. The molecule has 2 heterocycles. The van der Waals surface area contributed by atoms with Crippen LogP contribution in [0.3, 0.4) is 0 Å². The maximum absolute atomic E-state index is 12.8. The predicted molar refractivity (Wildman–Crippen MR) is 153 cm³/mol. The number of amides is 1. The Balaban J connectivity index is 1.26. The summed E-state index contributed by atoms with van der Waals surface area (Å²) in [4.78, 5) is 36.0. The van der Waals surface area contributed by atoms with Crippen LogP contribution in [-0.4, -0.2) is 29.6 Å². The number of H-pyrrole nitrogens is 1. The number of carbonyl (C=O) groups excluding carboxylic acids is 1. The number of halogens is 1. The molecule has 5 rings (SSSR count). The van der Waals surface area contributed by atoms with Gasteiger partial charge in [-0.2, -0.15) is 0 Å². The third-order valence-corrected chi connectivity index (χ3v) is 7.07. The molecule has 1 aromatic heterocycles. The van der Waals surface area contributed by atoms with Crippen LogP contribution in [0.2, 0.25) is 5.02 Å². The van der Waals surface area contributed by atoms with Crippen LogP contribution < -0.4 is 20.3 Å². The zero-order valence-corrected chi connectivity index (χ0v) is 22.2. The molecule has 0 aliphatic carbocycles. The highest BCUT2D eigenvalue weighted by Gasteiger charge is 2.18. The van der Waals surface area contributed by atoms with Crippen molar-refractivity contribution < 1.29 is 14.3 Å². The maximum atomic E-state index is 12.8. The van der Waals surface area contributed by atoms with E-state index in [1.54, 1.807) is 55.7 Å². The van der Waals surface area contributed by atoms with E-state index in [1.807, 2.05) is 24.3 Å². The van der Waals surface area contributed by atoms with Crippen molar-refractivity contribution >= 4 is 46.7 Å². The number of ether oxygens (including phenoxy) is 2. The summed E-state index contributed by atoms with van der Waals surface area (Å²) in [6.45, 7) is 7.61. The zero-order chi connectivity index (χ0) is 27.4. The average Bonchev–Trinajstić information content (AvgIpc) is 2.96. The molecule has 1 aliphatic heterocycles. The van der Waals surface area contributed by atoms with Crippen molar-refractivity contribution in [2.75, 3.05) is 19.0 Å². The van der Waals surface area contributed by atoms with E-state index in [1.165, 1.54) is 11.8 Å². The minimum Gasteiger partial charge on any atom is -0.497 e. The van der Waals surface area contributed by atoms with Crippen LogP contribution in [0.25, 0.3) is 22.2 Å². The number of rotatable bonds is 7. The largest absolute Gasteiger partial charge is 0.497 e. The normalized spacial score (nSPS) is 12.0. The quantitative estimate of drug-likeness (QED) is 0.156. The highest BCUT2D eigenvalue weighted by molar-refractivity contribution is 7.98. The summed E-state index contributed by atoms with van der Waals surface area (Å²) in [6.07, 6.45) is 1.78. The number of anilines is 1. The highest BCUT2D eigenvalue weighted by atomic mass is 35.5. The van der Waals surface area contributed by atoms with Crippen LogP contribution in [0.1, 0.15) is 11.1 Å². The van der Waals surface area contributed by atoms with Crippen LogP contribution in [-0.2, 0) is 10.5 Å². The Morgan fingerprint density at radius 1 is 1.21 bits per heavy atom. The molecule has 4 aromatic rings. The van der Waals surface area contributed by atoms with E-state index in [0.29, 0.717) is 49.9 Å². The van der Waals surface area contributed by atoms with Gasteiger partial charge in [0, 0.05) is 22.0 Å². The SMILES string of the molecule is [C-]#[N+]c1c(-c2cccc(OC)c2)nc(SCc2ccc(NC(=O)C3=Cc4cc(Cl)ccc4OC3)cc2)[nH]c1=O. The summed E-state index contributed by atoms with van der Waals surface area (Å²) in [5.74, 6) is 1.55. The van der Waals surface area contributed by atoms with E-state index >= 15 is 0 Å². The number of thioether (sulfide) groups is 1. The Kier molecular flexibility index (Phi) is 7.68.